The first-order valence-corrected chi connectivity index (χ1v) is 11.4. The maximum Gasteiger partial charge on any atom is 0.212 e. The molecule has 5 heterocycles. The van der Waals surface area contributed by atoms with E-state index in [1.165, 1.54) is 0 Å². The number of ether oxygens (including phenoxy) is 4. The van der Waals surface area contributed by atoms with Crippen molar-refractivity contribution in [2.24, 2.45) is 0 Å². The molecular weight excluding hydrogens is 450 g/mol. The van der Waals surface area contributed by atoms with Crippen LogP contribution < -0.4 is 23.8 Å². The Morgan fingerprint density at radius 1 is 1.06 bits per heavy atom. The fraction of sp³-hybridized carbons (Fsp3) is 0.320. The Morgan fingerprint density at radius 3 is 2.69 bits per heavy atom. The first-order valence-electron chi connectivity index (χ1n) is 11.4. The Balaban J connectivity index is 1.24. The summed E-state index contributed by atoms with van der Waals surface area (Å²) in [6.45, 7) is 2.16. The molecule has 35 heavy (non-hydrogen) atoms. The summed E-state index contributed by atoms with van der Waals surface area (Å²) in [5.74, 6) is 2.34. The number of aliphatic hydroxyl groups excluding tert-OH is 1. The van der Waals surface area contributed by atoms with E-state index in [9.17, 15) is 5.11 Å². The molecule has 180 valence electrons. The van der Waals surface area contributed by atoms with Crippen molar-refractivity contribution in [3.05, 3.63) is 60.2 Å². The molecule has 4 aromatic rings. The van der Waals surface area contributed by atoms with Crippen molar-refractivity contribution in [1.29, 1.82) is 0 Å². The van der Waals surface area contributed by atoms with E-state index >= 15 is 0 Å². The molecule has 6 rings (SSSR count). The second-order valence-electron chi connectivity index (χ2n) is 8.64. The van der Waals surface area contributed by atoms with E-state index in [0.29, 0.717) is 49.4 Å². The maximum absolute atomic E-state index is 9.56. The normalized spacial score (nSPS) is 17.3. The van der Waals surface area contributed by atoms with Crippen LogP contribution in [-0.2, 0) is 6.54 Å². The minimum atomic E-state index is -0.302. The lowest BCUT2D eigenvalue weighted by Crippen LogP contribution is -2.50. The van der Waals surface area contributed by atoms with Crippen molar-refractivity contribution < 1.29 is 24.1 Å². The monoisotopic (exact) mass is 475 g/mol. The van der Waals surface area contributed by atoms with Crippen LogP contribution in [0.25, 0.3) is 11.2 Å². The summed E-state index contributed by atoms with van der Waals surface area (Å²) in [7, 11) is 3.20. The zero-order valence-electron chi connectivity index (χ0n) is 19.4. The number of rotatable bonds is 6. The number of pyridine rings is 2. The average molecular weight is 476 g/mol. The molecule has 1 aromatic carbocycles. The van der Waals surface area contributed by atoms with Crippen molar-refractivity contribution in [2.75, 3.05) is 38.8 Å². The van der Waals surface area contributed by atoms with E-state index < -0.39 is 0 Å². The van der Waals surface area contributed by atoms with E-state index in [0.717, 1.165) is 28.0 Å². The number of nitrogens with zero attached hydrogens (tertiary/aromatic N) is 5. The van der Waals surface area contributed by atoms with Crippen LogP contribution in [0.3, 0.4) is 0 Å². The number of hydrogen-bond donors (Lipinski definition) is 1. The molecule has 1 saturated heterocycles. The molecule has 0 amide bonds. The lowest BCUT2D eigenvalue weighted by molar-refractivity contribution is 0.0867. The summed E-state index contributed by atoms with van der Waals surface area (Å²) < 4.78 is 25.1. The number of hydrogen-bond acceptors (Lipinski definition) is 9. The summed E-state index contributed by atoms with van der Waals surface area (Å²) in [6, 6.07) is 9.62. The van der Waals surface area contributed by atoms with Crippen LogP contribution in [0.5, 0.6) is 23.1 Å². The van der Waals surface area contributed by atoms with Crippen LogP contribution in [0.4, 0.5) is 5.69 Å². The number of methoxy groups -OCH3 is 2. The Morgan fingerprint density at radius 2 is 1.94 bits per heavy atom. The van der Waals surface area contributed by atoms with Gasteiger partial charge in [-0.25, -0.2) is 15.0 Å². The molecule has 0 radical (unpaired) electrons. The average Bonchev–Trinajstić information content (AvgIpc) is 3.27. The zero-order chi connectivity index (χ0) is 23.9. The van der Waals surface area contributed by atoms with Crippen molar-refractivity contribution in [2.45, 2.75) is 18.8 Å². The third kappa shape index (κ3) is 3.95. The number of anilines is 1. The van der Waals surface area contributed by atoms with Crippen LogP contribution in [-0.4, -0.2) is 64.6 Å². The van der Waals surface area contributed by atoms with Gasteiger partial charge in [-0.1, -0.05) is 0 Å². The lowest BCUT2D eigenvalue weighted by atomic mass is 10.1. The molecule has 1 N–H and O–H groups in total. The lowest BCUT2D eigenvalue weighted by Gasteiger charge is -2.37. The number of fused-ring (bicyclic) bond motifs is 2. The molecule has 2 aliphatic heterocycles. The molecule has 0 aliphatic carbocycles. The molecule has 1 atom stereocenters. The molecule has 3 aromatic heterocycles. The Hall–Kier alpha value is -4.05. The Kier molecular flexibility index (Phi) is 5.29. The van der Waals surface area contributed by atoms with Gasteiger partial charge >= 0.3 is 0 Å². The molecule has 1 fully saturated rings. The number of aromatic nitrogens is 4. The molecule has 1 unspecified atom stereocenters. The summed E-state index contributed by atoms with van der Waals surface area (Å²) in [4.78, 5) is 15.5. The SMILES string of the molecule is COc1ccc(C2COc3cc(Cn4cnc5cc(N6CC(O)C6)cnc54)cc(OC)c3O2)cn1. The molecular formula is C25H25N5O5. The van der Waals surface area contributed by atoms with Gasteiger partial charge in [0.05, 0.1) is 45.1 Å². The van der Waals surface area contributed by atoms with E-state index in [1.807, 2.05) is 35.0 Å². The van der Waals surface area contributed by atoms with Gasteiger partial charge in [0.25, 0.3) is 0 Å². The third-order valence-corrected chi connectivity index (χ3v) is 6.31. The van der Waals surface area contributed by atoms with Crippen molar-refractivity contribution in [1.82, 2.24) is 19.5 Å². The molecule has 10 heteroatoms. The van der Waals surface area contributed by atoms with Crippen molar-refractivity contribution >= 4 is 16.9 Å². The van der Waals surface area contributed by atoms with Crippen LogP contribution in [0.1, 0.15) is 17.2 Å². The summed E-state index contributed by atoms with van der Waals surface area (Å²) >= 11 is 0. The molecule has 0 bridgehead atoms. The predicted octanol–water partition coefficient (Wildman–Crippen LogP) is 2.59. The summed E-state index contributed by atoms with van der Waals surface area (Å²) in [5, 5.41) is 9.56. The van der Waals surface area contributed by atoms with Crippen molar-refractivity contribution in [3.8, 4) is 23.1 Å². The number of imidazole rings is 1. The van der Waals surface area contributed by atoms with Gasteiger partial charge in [-0.05, 0) is 29.8 Å². The first-order chi connectivity index (χ1) is 17.1. The highest BCUT2D eigenvalue weighted by Crippen LogP contribution is 2.44. The van der Waals surface area contributed by atoms with Gasteiger partial charge in [0.15, 0.2) is 23.3 Å². The first kappa shape index (κ1) is 21.5. The van der Waals surface area contributed by atoms with Gasteiger partial charge in [0, 0.05) is 30.9 Å². The van der Waals surface area contributed by atoms with Gasteiger partial charge in [0.1, 0.15) is 12.1 Å². The van der Waals surface area contributed by atoms with Crippen LogP contribution in [0, 0.1) is 0 Å². The molecule has 0 spiro atoms. The summed E-state index contributed by atoms with van der Waals surface area (Å²) in [5.41, 5.74) is 4.44. The molecule has 2 aliphatic rings. The van der Waals surface area contributed by atoms with E-state index in [-0.39, 0.29) is 12.2 Å². The van der Waals surface area contributed by atoms with E-state index in [2.05, 4.69) is 19.9 Å². The topological polar surface area (TPSA) is 104 Å². The largest absolute Gasteiger partial charge is 0.493 e. The zero-order valence-corrected chi connectivity index (χ0v) is 19.4. The highest BCUT2D eigenvalue weighted by molar-refractivity contribution is 5.75. The highest BCUT2D eigenvalue weighted by Gasteiger charge is 2.28. The highest BCUT2D eigenvalue weighted by atomic mass is 16.6. The standard InChI is InChI=1S/C25H25N5O5/c1-32-20-5-15(6-21-24(20)35-22(13-34-21)16-3-4-23(33-2)26-8-16)10-30-14-28-19-7-17(9-27-25(19)30)29-11-18(31)12-29/h3-9,14,18,22,31H,10-13H2,1-2H3. The van der Waals surface area contributed by atoms with Crippen LogP contribution in [0.2, 0.25) is 0 Å². The number of β-amino-alcohol motifs (C(OH)–C–C–N with tert-alkyl or cyclic N) is 1. The summed E-state index contributed by atoms with van der Waals surface area (Å²) in [6.07, 6.45) is 4.76. The third-order valence-electron chi connectivity index (χ3n) is 6.31. The van der Waals surface area contributed by atoms with Gasteiger partial charge in [-0.3, -0.25) is 0 Å². The van der Waals surface area contributed by atoms with Crippen molar-refractivity contribution in [3.63, 3.8) is 0 Å². The Bertz CT molecular complexity index is 1350. The van der Waals surface area contributed by atoms with Crippen LogP contribution in [0.15, 0.2) is 49.1 Å². The number of benzene rings is 1. The minimum absolute atomic E-state index is 0.267. The van der Waals surface area contributed by atoms with E-state index in [4.69, 9.17) is 18.9 Å². The van der Waals surface area contributed by atoms with Gasteiger partial charge in [0.2, 0.25) is 11.6 Å². The predicted molar refractivity (Wildman–Crippen MR) is 127 cm³/mol. The second-order valence-corrected chi connectivity index (χ2v) is 8.64. The fourth-order valence-corrected chi connectivity index (χ4v) is 4.40. The number of aliphatic hydroxyl groups is 1. The molecule has 10 nitrogen and oxygen atoms in total. The van der Waals surface area contributed by atoms with Gasteiger partial charge < -0.3 is 33.5 Å². The fourth-order valence-electron chi connectivity index (χ4n) is 4.40. The van der Waals surface area contributed by atoms with Gasteiger partial charge in [-0.15, -0.1) is 0 Å². The quantitative estimate of drug-likeness (QED) is 0.451. The Labute approximate surface area is 201 Å². The van der Waals surface area contributed by atoms with Crippen LogP contribution >= 0.6 is 0 Å². The van der Waals surface area contributed by atoms with E-state index in [1.54, 1.807) is 32.8 Å². The second kappa shape index (κ2) is 8.62. The molecule has 0 saturated carbocycles. The minimum Gasteiger partial charge on any atom is -0.493 e. The van der Waals surface area contributed by atoms with Gasteiger partial charge in [-0.2, -0.15) is 0 Å². The maximum atomic E-state index is 9.56. The smallest absolute Gasteiger partial charge is 0.212 e.